The van der Waals surface area contributed by atoms with E-state index in [9.17, 15) is 4.79 Å². The molecular formula is C15H22N2O2. The van der Waals surface area contributed by atoms with Crippen LogP contribution in [0.4, 0.5) is 0 Å². The molecule has 104 valence electrons. The second-order valence-electron chi connectivity index (χ2n) is 5.04. The van der Waals surface area contributed by atoms with E-state index >= 15 is 0 Å². The Labute approximate surface area is 114 Å². The molecule has 0 radical (unpaired) electrons. The van der Waals surface area contributed by atoms with Gasteiger partial charge in [0.1, 0.15) is 0 Å². The number of fused-ring (bicyclic) bond motifs is 1. The van der Waals surface area contributed by atoms with E-state index in [0.29, 0.717) is 25.4 Å². The van der Waals surface area contributed by atoms with Crippen molar-refractivity contribution < 1.29 is 9.53 Å². The van der Waals surface area contributed by atoms with Crippen molar-refractivity contribution in [2.24, 2.45) is 5.73 Å². The molecule has 0 heterocycles. The number of nitrogens with two attached hydrogens (primary N) is 1. The van der Waals surface area contributed by atoms with Crippen LogP contribution in [0, 0.1) is 0 Å². The van der Waals surface area contributed by atoms with Gasteiger partial charge in [-0.3, -0.25) is 4.79 Å². The van der Waals surface area contributed by atoms with Crippen molar-refractivity contribution in [3.63, 3.8) is 0 Å². The van der Waals surface area contributed by atoms with Crippen LogP contribution in [0.1, 0.15) is 29.9 Å². The summed E-state index contributed by atoms with van der Waals surface area (Å²) in [4.78, 5) is 11.8. The SMILES string of the molecule is COC(CN)CC(=O)NCC1CCc2ccccc21. The van der Waals surface area contributed by atoms with E-state index in [2.05, 4.69) is 29.6 Å². The highest BCUT2D eigenvalue weighted by Gasteiger charge is 2.22. The number of ether oxygens (including phenoxy) is 1. The van der Waals surface area contributed by atoms with Crippen LogP contribution < -0.4 is 11.1 Å². The third-order valence-electron chi connectivity index (χ3n) is 3.81. The molecule has 4 heteroatoms. The third kappa shape index (κ3) is 3.55. The second kappa shape index (κ2) is 6.68. The number of carbonyl (C=O) groups is 1. The van der Waals surface area contributed by atoms with Crippen molar-refractivity contribution in [3.05, 3.63) is 35.4 Å². The summed E-state index contributed by atoms with van der Waals surface area (Å²) in [5.41, 5.74) is 8.30. The molecule has 1 aliphatic rings. The van der Waals surface area contributed by atoms with Crippen molar-refractivity contribution in [3.8, 4) is 0 Å². The number of benzene rings is 1. The molecule has 2 atom stereocenters. The first-order valence-electron chi connectivity index (χ1n) is 6.82. The van der Waals surface area contributed by atoms with E-state index < -0.39 is 0 Å². The Kier molecular flexibility index (Phi) is 4.93. The summed E-state index contributed by atoms with van der Waals surface area (Å²) in [7, 11) is 1.58. The number of hydrogen-bond donors (Lipinski definition) is 2. The molecule has 0 aliphatic heterocycles. The van der Waals surface area contributed by atoms with Crippen molar-refractivity contribution in [1.29, 1.82) is 0 Å². The van der Waals surface area contributed by atoms with Gasteiger partial charge in [-0.2, -0.15) is 0 Å². The largest absolute Gasteiger partial charge is 0.380 e. The first-order valence-corrected chi connectivity index (χ1v) is 6.82. The van der Waals surface area contributed by atoms with Crippen molar-refractivity contribution in [2.75, 3.05) is 20.2 Å². The highest BCUT2D eigenvalue weighted by atomic mass is 16.5. The third-order valence-corrected chi connectivity index (χ3v) is 3.81. The fourth-order valence-electron chi connectivity index (χ4n) is 2.64. The number of amides is 1. The maximum Gasteiger partial charge on any atom is 0.222 e. The lowest BCUT2D eigenvalue weighted by Crippen LogP contribution is -2.34. The summed E-state index contributed by atoms with van der Waals surface area (Å²) in [5.74, 6) is 0.459. The zero-order chi connectivity index (χ0) is 13.7. The average Bonchev–Trinajstić information content (AvgIpc) is 2.86. The van der Waals surface area contributed by atoms with Gasteiger partial charge in [-0.05, 0) is 24.0 Å². The van der Waals surface area contributed by atoms with Gasteiger partial charge in [-0.25, -0.2) is 0 Å². The van der Waals surface area contributed by atoms with Crippen LogP contribution in [-0.4, -0.2) is 32.2 Å². The molecule has 0 saturated heterocycles. The first-order chi connectivity index (χ1) is 9.24. The number of rotatable bonds is 6. The zero-order valence-electron chi connectivity index (χ0n) is 11.4. The maximum absolute atomic E-state index is 11.8. The summed E-state index contributed by atoms with van der Waals surface area (Å²) < 4.78 is 5.11. The number of nitrogens with one attached hydrogen (secondary N) is 1. The molecule has 1 aliphatic carbocycles. The number of aryl methyl sites for hydroxylation is 1. The fourth-order valence-corrected chi connectivity index (χ4v) is 2.64. The van der Waals surface area contributed by atoms with Gasteiger partial charge in [0.15, 0.2) is 0 Å². The van der Waals surface area contributed by atoms with Gasteiger partial charge in [-0.1, -0.05) is 24.3 Å². The first kappa shape index (κ1) is 14.0. The van der Waals surface area contributed by atoms with Gasteiger partial charge in [0.25, 0.3) is 0 Å². The van der Waals surface area contributed by atoms with E-state index in [1.165, 1.54) is 11.1 Å². The van der Waals surface area contributed by atoms with Crippen LogP contribution in [0.3, 0.4) is 0 Å². The molecule has 3 N–H and O–H groups in total. The molecule has 2 rings (SSSR count). The summed E-state index contributed by atoms with van der Waals surface area (Å²) in [6.45, 7) is 1.08. The minimum absolute atomic E-state index is 0.0154. The Morgan fingerprint density at radius 2 is 2.32 bits per heavy atom. The summed E-state index contributed by atoms with van der Waals surface area (Å²) in [6.07, 6.45) is 2.38. The van der Waals surface area contributed by atoms with Gasteiger partial charge in [-0.15, -0.1) is 0 Å². The number of carbonyl (C=O) groups excluding carboxylic acids is 1. The molecule has 1 aromatic rings. The van der Waals surface area contributed by atoms with Gasteiger partial charge in [0, 0.05) is 26.1 Å². The molecule has 1 amide bonds. The van der Waals surface area contributed by atoms with Crippen LogP contribution in [0.5, 0.6) is 0 Å². The molecule has 1 aromatic carbocycles. The van der Waals surface area contributed by atoms with E-state index in [4.69, 9.17) is 10.5 Å². The normalized spacial score (nSPS) is 18.9. The molecule has 0 bridgehead atoms. The Balaban J connectivity index is 1.82. The van der Waals surface area contributed by atoms with E-state index in [1.807, 2.05) is 0 Å². The highest BCUT2D eigenvalue weighted by molar-refractivity contribution is 5.76. The molecule has 0 aromatic heterocycles. The highest BCUT2D eigenvalue weighted by Crippen LogP contribution is 2.32. The lowest BCUT2D eigenvalue weighted by molar-refractivity contribution is -0.123. The Bertz CT molecular complexity index is 430. The second-order valence-corrected chi connectivity index (χ2v) is 5.04. The van der Waals surface area contributed by atoms with Crippen LogP contribution in [0.25, 0.3) is 0 Å². The Hall–Kier alpha value is -1.39. The quantitative estimate of drug-likeness (QED) is 0.809. The van der Waals surface area contributed by atoms with Crippen molar-refractivity contribution in [1.82, 2.24) is 5.32 Å². The lowest BCUT2D eigenvalue weighted by atomic mass is 10.0. The molecule has 2 unspecified atom stereocenters. The monoisotopic (exact) mass is 262 g/mol. The standard InChI is InChI=1S/C15H22N2O2/c1-19-13(9-16)8-15(18)17-10-12-7-6-11-4-2-3-5-14(11)12/h2-5,12-13H,6-10,16H2,1H3,(H,17,18). The number of methoxy groups -OCH3 is 1. The van der Waals surface area contributed by atoms with Gasteiger partial charge >= 0.3 is 0 Å². The predicted molar refractivity (Wildman–Crippen MR) is 75.0 cm³/mol. The molecule has 4 nitrogen and oxygen atoms in total. The van der Waals surface area contributed by atoms with Crippen LogP contribution in [0.2, 0.25) is 0 Å². The summed E-state index contributed by atoms with van der Waals surface area (Å²) in [5, 5.41) is 2.99. The van der Waals surface area contributed by atoms with E-state index in [1.54, 1.807) is 7.11 Å². The van der Waals surface area contributed by atoms with Crippen LogP contribution in [0.15, 0.2) is 24.3 Å². The van der Waals surface area contributed by atoms with Crippen LogP contribution >= 0.6 is 0 Å². The lowest BCUT2D eigenvalue weighted by Gasteiger charge is -2.15. The smallest absolute Gasteiger partial charge is 0.222 e. The topological polar surface area (TPSA) is 64.3 Å². The Morgan fingerprint density at radius 1 is 1.53 bits per heavy atom. The maximum atomic E-state index is 11.8. The molecule has 0 spiro atoms. The molecule has 0 fully saturated rings. The van der Waals surface area contributed by atoms with Crippen LogP contribution in [-0.2, 0) is 16.0 Å². The number of hydrogen-bond acceptors (Lipinski definition) is 3. The fraction of sp³-hybridized carbons (Fsp3) is 0.533. The summed E-state index contributed by atoms with van der Waals surface area (Å²) in [6, 6.07) is 8.47. The van der Waals surface area contributed by atoms with Gasteiger partial charge < -0.3 is 15.8 Å². The zero-order valence-corrected chi connectivity index (χ0v) is 11.4. The molecular weight excluding hydrogens is 240 g/mol. The minimum atomic E-state index is -0.184. The average molecular weight is 262 g/mol. The molecule has 0 saturated carbocycles. The van der Waals surface area contributed by atoms with E-state index in [0.717, 1.165) is 12.8 Å². The molecule has 19 heavy (non-hydrogen) atoms. The minimum Gasteiger partial charge on any atom is -0.380 e. The van der Waals surface area contributed by atoms with Crippen molar-refractivity contribution >= 4 is 5.91 Å². The van der Waals surface area contributed by atoms with Gasteiger partial charge in [0.2, 0.25) is 5.91 Å². The van der Waals surface area contributed by atoms with Crippen molar-refractivity contribution in [2.45, 2.75) is 31.3 Å². The van der Waals surface area contributed by atoms with E-state index in [-0.39, 0.29) is 12.0 Å². The van der Waals surface area contributed by atoms with Gasteiger partial charge in [0.05, 0.1) is 12.5 Å². The summed E-state index contributed by atoms with van der Waals surface area (Å²) >= 11 is 0. The predicted octanol–water partition coefficient (Wildman–Crippen LogP) is 1.20. The Morgan fingerprint density at radius 3 is 3.05 bits per heavy atom.